The van der Waals surface area contributed by atoms with E-state index in [4.69, 9.17) is 0 Å². The SMILES string of the molecule is CCNC(=O)c1cc(Br)ccc1SC(F)(F)F. The van der Waals surface area contributed by atoms with Crippen molar-refractivity contribution in [1.82, 2.24) is 5.32 Å². The lowest BCUT2D eigenvalue weighted by molar-refractivity contribution is -0.0328. The molecule has 0 saturated heterocycles. The maximum absolute atomic E-state index is 12.3. The van der Waals surface area contributed by atoms with E-state index in [1.54, 1.807) is 6.92 Å². The molecule has 0 fully saturated rings. The Labute approximate surface area is 109 Å². The van der Waals surface area contributed by atoms with Crippen molar-refractivity contribution in [2.75, 3.05) is 6.54 Å². The largest absolute Gasteiger partial charge is 0.446 e. The van der Waals surface area contributed by atoms with Gasteiger partial charge in [0.05, 0.1) is 5.56 Å². The Hall–Kier alpha value is -0.690. The maximum Gasteiger partial charge on any atom is 0.446 e. The molecule has 0 spiro atoms. The van der Waals surface area contributed by atoms with Crippen LogP contribution in [0.15, 0.2) is 27.6 Å². The van der Waals surface area contributed by atoms with Gasteiger partial charge in [0.15, 0.2) is 0 Å². The van der Waals surface area contributed by atoms with Gasteiger partial charge in [-0.1, -0.05) is 15.9 Å². The summed E-state index contributed by atoms with van der Waals surface area (Å²) in [6.45, 7) is 2.06. The molecule has 0 aromatic heterocycles. The average molecular weight is 328 g/mol. The lowest BCUT2D eigenvalue weighted by Crippen LogP contribution is -2.23. The standard InChI is InChI=1S/C10H9BrF3NOS/c1-2-15-9(16)7-5-6(11)3-4-8(7)17-10(12,13)14/h3-5H,2H2,1H3,(H,15,16). The molecule has 2 nitrogen and oxygen atoms in total. The van der Waals surface area contributed by atoms with Crippen molar-refractivity contribution in [2.24, 2.45) is 0 Å². The van der Waals surface area contributed by atoms with E-state index in [0.717, 1.165) is 0 Å². The smallest absolute Gasteiger partial charge is 0.352 e. The summed E-state index contributed by atoms with van der Waals surface area (Å²) in [5.74, 6) is -0.513. The summed E-state index contributed by atoms with van der Waals surface area (Å²) in [6, 6.07) is 4.11. The number of hydrogen-bond donors (Lipinski definition) is 1. The second-order valence-electron chi connectivity index (χ2n) is 3.05. The van der Waals surface area contributed by atoms with Crippen LogP contribution in [0.1, 0.15) is 17.3 Å². The van der Waals surface area contributed by atoms with Crippen molar-refractivity contribution in [2.45, 2.75) is 17.3 Å². The highest BCUT2D eigenvalue weighted by Gasteiger charge is 2.31. The molecule has 1 amide bonds. The molecule has 0 bridgehead atoms. The van der Waals surface area contributed by atoms with Crippen LogP contribution >= 0.6 is 27.7 Å². The third-order valence-corrected chi connectivity index (χ3v) is 3.05. The maximum atomic E-state index is 12.3. The topological polar surface area (TPSA) is 29.1 Å². The van der Waals surface area contributed by atoms with Gasteiger partial charge in [0, 0.05) is 15.9 Å². The second-order valence-corrected chi connectivity index (χ2v) is 5.07. The summed E-state index contributed by atoms with van der Waals surface area (Å²) in [7, 11) is 0. The molecule has 1 rings (SSSR count). The minimum Gasteiger partial charge on any atom is -0.352 e. The summed E-state index contributed by atoms with van der Waals surface area (Å²) < 4.78 is 37.4. The summed E-state index contributed by atoms with van der Waals surface area (Å²) in [5.41, 5.74) is -4.39. The molecule has 94 valence electrons. The molecule has 17 heavy (non-hydrogen) atoms. The average Bonchev–Trinajstić information content (AvgIpc) is 2.19. The van der Waals surface area contributed by atoms with Crippen LogP contribution in [0, 0.1) is 0 Å². The van der Waals surface area contributed by atoms with Gasteiger partial charge in [-0.05, 0) is 36.9 Å². The van der Waals surface area contributed by atoms with E-state index in [2.05, 4.69) is 21.2 Å². The molecule has 0 saturated carbocycles. The first-order valence-corrected chi connectivity index (χ1v) is 6.28. The molecule has 0 heterocycles. The Kier molecular flexibility index (Phi) is 4.88. The Morgan fingerprint density at radius 3 is 2.65 bits per heavy atom. The molecular weight excluding hydrogens is 319 g/mol. The van der Waals surface area contributed by atoms with Crippen LogP contribution in [0.4, 0.5) is 13.2 Å². The molecular formula is C10H9BrF3NOS. The van der Waals surface area contributed by atoms with Gasteiger partial charge >= 0.3 is 5.51 Å². The molecule has 1 N–H and O–H groups in total. The fourth-order valence-electron chi connectivity index (χ4n) is 1.15. The van der Waals surface area contributed by atoms with E-state index in [1.807, 2.05) is 0 Å². The normalized spacial score (nSPS) is 11.4. The zero-order chi connectivity index (χ0) is 13.1. The van der Waals surface area contributed by atoms with Crippen molar-refractivity contribution in [1.29, 1.82) is 0 Å². The molecule has 0 radical (unpaired) electrons. The first kappa shape index (κ1) is 14.4. The van der Waals surface area contributed by atoms with Crippen molar-refractivity contribution < 1.29 is 18.0 Å². The number of halogens is 4. The van der Waals surface area contributed by atoms with E-state index >= 15 is 0 Å². The van der Waals surface area contributed by atoms with Crippen LogP contribution < -0.4 is 5.32 Å². The number of amides is 1. The number of alkyl halides is 3. The van der Waals surface area contributed by atoms with Gasteiger partial charge in [0.2, 0.25) is 0 Å². The van der Waals surface area contributed by atoms with Gasteiger partial charge < -0.3 is 5.32 Å². The number of carbonyl (C=O) groups is 1. The van der Waals surface area contributed by atoms with E-state index < -0.39 is 11.4 Å². The summed E-state index contributed by atoms with van der Waals surface area (Å²) in [4.78, 5) is 11.5. The highest BCUT2D eigenvalue weighted by atomic mass is 79.9. The van der Waals surface area contributed by atoms with Crippen LogP contribution in [0.5, 0.6) is 0 Å². The van der Waals surface area contributed by atoms with Gasteiger partial charge in [0.1, 0.15) is 0 Å². The second kappa shape index (κ2) is 5.77. The fourth-order valence-corrected chi connectivity index (χ4v) is 2.16. The predicted octanol–water partition coefficient (Wildman–Crippen LogP) is 3.81. The molecule has 7 heteroatoms. The van der Waals surface area contributed by atoms with Crippen molar-refractivity contribution in [3.05, 3.63) is 28.2 Å². The van der Waals surface area contributed by atoms with Crippen LogP contribution in [0.2, 0.25) is 0 Å². The fraction of sp³-hybridized carbons (Fsp3) is 0.300. The van der Waals surface area contributed by atoms with E-state index in [1.165, 1.54) is 18.2 Å². The third kappa shape index (κ3) is 4.59. The van der Waals surface area contributed by atoms with E-state index in [9.17, 15) is 18.0 Å². The molecule has 0 aliphatic heterocycles. The molecule has 0 aliphatic carbocycles. The highest BCUT2D eigenvalue weighted by Crippen LogP contribution is 2.39. The number of nitrogens with one attached hydrogen (secondary N) is 1. The van der Waals surface area contributed by atoms with Crippen molar-refractivity contribution in [3.63, 3.8) is 0 Å². The minimum absolute atomic E-state index is 0.0172. The molecule has 0 unspecified atom stereocenters. The van der Waals surface area contributed by atoms with Crippen LogP contribution in [-0.4, -0.2) is 18.0 Å². The van der Waals surface area contributed by atoms with Gasteiger partial charge in [0.25, 0.3) is 5.91 Å². The first-order chi connectivity index (χ1) is 7.83. The van der Waals surface area contributed by atoms with Gasteiger partial charge in [-0.3, -0.25) is 4.79 Å². The van der Waals surface area contributed by atoms with Crippen molar-refractivity contribution >= 4 is 33.6 Å². The Morgan fingerprint density at radius 1 is 1.47 bits per heavy atom. The van der Waals surface area contributed by atoms with Crippen molar-refractivity contribution in [3.8, 4) is 0 Å². The third-order valence-electron chi connectivity index (χ3n) is 1.75. The monoisotopic (exact) mass is 327 g/mol. The summed E-state index contributed by atoms with van der Waals surface area (Å²) in [6.07, 6.45) is 0. The minimum atomic E-state index is -4.41. The van der Waals surface area contributed by atoms with Crippen LogP contribution in [-0.2, 0) is 0 Å². The Morgan fingerprint density at radius 2 is 2.12 bits per heavy atom. The lowest BCUT2D eigenvalue weighted by Gasteiger charge is -2.11. The number of rotatable bonds is 3. The molecule has 1 aromatic rings. The number of carbonyl (C=O) groups excluding carboxylic acids is 1. The Bertz CT molecular complexity index is 423. The number of benzene rings is 1. The number of thioether (sulfide) groups is 1. The predicted molar refractivity (Wildman–Crippen MR) is 64.1 cm³/mol. The quantitative estimate of drug-likeness (QED) is 0.855. The van der Waals surface area contributed by atoms with E-state index in [-0.39, 0.29) is 22.2 Å². The molecule has 0 atom stereocenters. The first-order valence-electron chi connectivity index (χ1n) is 4.67. The van der Waals surface area contributed by atoms with E-state index in [0.29, 0.717) is 11.0 Å². The Balaban J connectivity index is 3.08. The number of hydrogen-bond acceptors (Lipinski definition) is 2. The van der Waals surface area contributed by atoms with Crippen LogP contribution in [0.25, 0.3) is 0 Å². The molecule has 1 aromatic carbocycles. The van der Waals surface area contributed by atoms with Crippen LogP contribution in [0.3, 0.4) is 0 Å². The molecule has 0 aliphatic rings. The zero-order valence-corrected chi connectivity index (χ0v) is 11.2. The van der Waals surface area contributed by atoms with Gasteiger partial charge in [-0.25, -0.2) is 0 Å². The lowest BCUT2D eigenvalue weighted by atomic mass is 10.2. The van der Waals surface area contributed by atoms with Gasteiger partial charge in [-0.2, -0.15) is 13.2 Å². The van der Waals surface area contributed by atoms with Gasteiger partial charge in [-0.15, -0.1) is 0 Å². The highest BCUT2D eigenvalue weighted by molar-refractivity contribution is 9.10. The summed E-state index contributed by atoms with van der Waals surface area (Å²) >= 11 is 2.83. The summed E-state index contributed by atoms with van der Waals surface area (Å²) in [5, 5.41) is 2.47. The zero-order valence-electron chi connectivity index (χ0n) is 8.77.